The Morgan fingerprint density at radius 1 is 1.91 bits per heavy atom. The summed E-state index contributed by atoms with van der Waals surface area (Å²) < 4.78 is 4.62. The van der Waals surface area contributed by atoms with Crippen LogP contribution in [0.2, 0.25) is 0 Å². The summed E-state index contributed by atoms with van der Waals surface area (Å²) in [6.07, 6.45) is 1.94. The van der Waals surface area contributed by atoms with E-state index in [0.29, 0.717) is 0 Å². The predicted molar refractivity (Wildman–Crippen MR) is 49.3 cm³/mol. The van der Waals surface area contributed by atoms with E-state index in [1.165, 1.54) is 14.4 Å². The number of nitrogens with one attached hydrogen (secondary N) is 1. The number of hydrogen-bond acceptors (Lipinski definition) is 4. The number of thioether (sulfide) groups is 1. The van der Waals surface area contributed by atoms with Gasteiger partial charge in [-0.1, -0.05) is 0 Å². The molecular formula is C5H12BN3OS. The maximum absolute atomic E-state index is 7.13. The molecule has 4 nitrogen and oxygen atoms in total. The molecule has 0 saturated heterocycles. The number of rotatable bonds is 5. The molecule has 0 amide bonds. The molecule has 0 spiro atoms. The SMILES string of the molecule is COB=N[C@@H](CSC)C(=N)N. The third-order valence-electron chi connectivity index (χ3n) is 1.03. The monoisotopic (exact) mass is 173 g/mol. The average Bonchev–Trinajstić information content (AvgIpc) is 1.97. The fourth-order valence-electron chi connectivity index (χ4n) is 0.505. The predicted octanol–water partition coefficient (Wildman–Crippen LogP) is 0.103. The van der Waals surface area contributed by atoms with Crippen molar-refractivity contribution in [3.63, 3.8) is 0 Å². The topological polar surface area (TPSA) is 71.5 Å². The van der Waals surface area contributed by atoms with Crippen molar-refractivity contribution in [1.29, 1.82) is 5.41 Å². The number of nitrogens with two attached hydrogens (primary N) is 1. The fraction of sp³-hybridized carbons (Fsp3) is 0.800. The Morgan fingerprint density at radius 2 is 2.55 bits per heavy atom. The molecule has 0 aliphatic rings. The van der Waals surface area contributed by atoms with Crippen LogP contribution in [0.3, 0.4) is 0 Å². The van der Waals surface area contributed by atoms with Gasteiger partial charge in [0.05, 0.1) is 0 Å². The van der Waals surface area contributed by atoms with Crippen LogP contribution in [0.4, 0.5) is 0 Å². The molecule has 0 aromatic heterocycles. The van der Waals surface area contributed by atoms with Crippen molar-refractivity contribution in [3.8, 4) is 0 Å². The molecule has 0 aliphatic carbocycles. The first kappa shape index (κ1) is 10.5. The maximum atomic E-state index is 7.13. The molecule has 6 heteroatoms. The first-order valence-electron chi connectivity index (χ1n) is 3.09. The molecule has 0 aliphatic heterocycles. The van der Waals surface area contributed by atoms with Crippen LogP contribution in [-0.2, 0) is 4.65 Å². The summed E-state index contributed by atoms with van der Waals surface area (Å²) >= 11 is 1.60. The summed E-state index contributed by atoms with van der Waals surface area (Å²) in [6, 6.07) is -0.245. The van der Waals surface area contributed by atoms with E-state index in [1.54, 1.807) is 11.8 Å². The van der Waals surface area contributed by atoms with Crippen molar-refractivity contribution in [2.24, 2.45) is 10.6 Å². The van der Waals surface area contributed by atoms with Gasteiger partial charge in [0.25, 0.3) is 0 Å². The second-order valence-corrected chi connectivity index (χ2v) is 2.83. The third kappa shape index (κ3) is 4.83. The molecule has 0 saturated carbocycles. The third-order valence-corrected chi connectivity index (χ3v) is 1.68. The summed E-state index contributed by atoms with van der Waals surface area (Å²) in [6.45, 7) is 0. The summed E-state index contributed by atoms with van der Waals surface area (Å²) in [5.74, 6) is 0.794. The summed E-state index contributed by atoms with van der Waals surface area (Å²) in [7, 11) is 2.82. The summed E-state index contributed by atoms with van der Waals surface area (Å²) in [5.41, 5.74) is 5.26. The molecule has 0 heterocycles. The van der Waals surface area contributed by atoms with Crippen molar-refractivity contribution in [2.75, 3.05) is 19.1 Å². The van der Waals surface area contributed by atoms with Crippen LogP contribution in [0.15, 0.2) is 4.90 Å². The molecule has 0 radical (unpaired) electrons. The number of hydrogen-bond donors (Lipinski definition) is 2. The van der Waals surface area contributed by atoms with E-state index >= 15 is 0 Å². The average molecular weight is 173 g/mol. The molecule has 3 N–H and O–H groups in total. The summed E-state index contributed by atoms with van der Waals surface area (Å²) in [4.78, 5) is 3.91. The summed E-state index contributed by atoms with van der Waals surface area (Å²) in [5, 5.41) is 7.13. The van der Waals surface area contributed by atoms with E-state index in [9.17, 15) is 0 Å². The van der Waals surface area contributed by atoms with E-state index in [-0.39, 0.29) is 11.9 Å². The van der Waals surface area contributed by atoms with Gasteiger partial charge >= 0.3 is 70.7 Å². The standard InChI is InChI=1S/C5H12BN3OS/c1-10-6-9-4(3-11-2)5(7)8/h4H,3H2,1-2H3,(H3,7,8)/t4-/m0/s1. The Kier molecular flexibility index (Phi) is 5.92. The normalized spacial score (nSPS) is 12.5. The van der Waals surface area contributed by atoms with Gasteiger partial charge in [-0.15, -0.1) is 0 Å². The molecule has 0 aromatic carbocycles. The van der Waals surface area contributed by atoms with Gasteiger partial charge in [-0.05, 0) is 0 Å². The second kappa shape index (κ2) is 6.21. The van der Waals surface area contributed by atoms with Crippen molar-refractivity contribution >= 4 is 24.9 Å². The van der Waals surface area contributed by atoms with Gasteiger partial charge in [0.2, 0.25) is 0 Å². The Labute approximate surface area is 71.4 Å². The molecule has 0 unspecified atom stereocenters. The van der Waals surface area contributed by atoms with E-state index in [4.69, 9.17) is 11.1 Å². The molecule has 0 fully saturated rings. The van der Waals surface area contributed by atoms with Crippen molar-refractivity contribution < 1.29 is 4.65 Å². The first-order valence-corrected chi connectivity index (χ1v) is 4.49. The molecule has 0 rings (SSSR count). The van der Waals surface area contributed by atoms with Crippen LogP contribution in [0, 0.1) is 5.41 Å². The van der Waals surface area contributed by atoms with E-state index < -0.39 is 0 Å². The molecular weight excluding hydrogens is 161 g/mol. The molecule has 1 atom stereocenters. The van der Waals surface area contributed by atoms with Crippen LogP contribution >= 0.6 is 11.8 Å². The van der Waals surface area contributed by atoms with Crippen LogP contribution < -0.4 is 5.73 Å². The van der Waals surface area contributed by atoms with Gasteiger partial charge in [-0.3, -0.25) is 0 Å². The minimum absolute atomic E-state index is 0.0765. The zero-order valence-corrected chi connectivity index (χ0v) is 7.52. The van der Waals surface area contributed by atoms with Gasteiger partial charge in [-0.25, -0.2) is 0 Å². The van der Waals surface area contributed by atoms with Crippen molar-refractivity contribution in [2.45, 2.75) is 6.04 Å². The number of nitrogens with zero attached hydrogens (tertiary/aromatic N) is 1. The first-order chi connectivity index (χ1) is 5.22. The van der Waals surface area contributed by atoms with Gasteiger partial charge < -0.3 is 0 Å². The van der Waals surface area contributed by atoms with Crippen LogP contribution in [0.25, 0.3) is 0 Å². The molecule has 0 bridgehead atoms. The molecule has 11 heavy (non-hydrogen) atoms. The minimum atomic E-state index is -0.245. The van der Waals surface area contributed by atoms with Gasteiger partial charge in [0.15, 0.2) is 0 Å². The van der Waals surface area contributed by atoms with Crippen LogP contribution in [0.5, 0.6) is 0 Å². The number of amidine groups is 1. The van der Waals surface area contributed by atoms with Crippen LogP contribution in [0.1, 0.15) is 0 Å². The van der Waals surface area contributed by atoms with Gasteiger partial charge in [-0.2, -0.15) is 0 Å². The van der Waals surface area contributed by atoms with Gasteiger partial charge in [0.1, 0.15) is 0 Å². The Morgan fingerprint density at radius 3 is 2.91 bits per heavy atom. The van der Waals surface area contributed by atoms with E-state index in [0.717, 1.165) is 5.75 Å². The quantitative estimate of drug-likeness (QED) is 0.352. The van der Waals surface area contributed by atoms with Gasteiger partial charge in [0, 0.05) is 0 Å². The molecule has 62 valence electrons. The molecule has 0 aromatic rings. The van der Waals surface area contributed by atoms with E-state index in [2.05, 4.69) is 9.55 Å². The Hall–Kier alpha value is -0.515. The van der Waals surface area contributed by atoms with Crippen molar-refractivity contribution in [1.82, 2.24) is 0 Å². The Balaban J connectivity index is 3.88. The second-order valence-electron chi connectivity index (χ2n) is 1.92. The van der Waals surface area contributed by atoms with Crippen molar-refractivity contribution in [3.05, 3.63) is 0 Å². The fourth-order valence-corrected chi connectivity index (χ4v) is 1.09. The zero-order valence-electron chi connectivity index (χ0n) is 6.70. The van der Waals surface area contributed by atoms with Crippen LogP contribution in [-0.4, -0.2) is 38.3 Å². The zero-order chi connectivity index (χ0) is 8.69. The van der Waals surface area contributed by atoms with E-state index in [1.807, 2.05) is 6.26 Å². The Bertz CT molecular complexity index is 153.